The van der Waals surface area contributed by atoms with E-state index in [4.69, 9.17) is 9.15 Å². The topological polar surface area (TPSA) is 80.6 Å². The Hall–Kier alpha value is -3.54. The van der Waals surface area contributed by atoms with E-state index in [1.165, 1.54) is 13.4 Å². The molecule has 0 saturated heterocycles. The van der Waals surface area contributed by atoms with Gasteiger partial charge in [-0.05, 0) is 36.2 Å². The Bertz CT molecular complexity index is 905. The number of anilines is 2. The third-order valence-electron chi connectivity index (χ3n) is 3.98. The maximum absolute atomic E-state index is 12.4. The first-order chi connectivity index (χ1) is 13.2. The molecule has 1 aromatic heterocycles. The molecule has 0 aliphatic carbocycles. The SMILES string of the molecule is COc1ccc(NC(=O)c2ccco2)c(NC(=O)CCc2ccccc2)c1. The molecule has 6 nitrogen and oxygen atoms in total. The molecule has 0 spiro atoms. The van der Waals surface area contributed by atoms with Crippen molar-refractivity contribution >= 4 is 23.2 Å². The number of hydrogen-bond donors (Lipinski definition) is 2. The summed E-state index contributed by atoms with van der Waals surface area (Å²) in [7, 11) is 1.54. The van der Waals surface area contributed by atoms with Crippen molar-refractivity contribution in [3.05, 3.63) is 78.3 Å². The van der Waals surface area contributed by atoms with Crippen LogP contribution in [0, 0.1) is 0 Å². The summed E-state index contributed by atoms with van der Waals surface area (Å²) in [4.78, 5) is 24.6. The zero-order valence-electron chi connectivity index (χ0n) is 14.9. The van der Waals surface area contributed by atoms with Gasteiger partial charge in [0.05, 0.1) is 24.7 Å². The lowest BCUT2D eigenvalue weighted by atomic mass is 10.1. The standard InChI is InChI=1S/C21H20N2O4/c1-26-16-10-11-17(23-21(25)19-8-5-13-27-19)18(14-16)22-20(24)12-9-15-6-3-2-4-7-15/h2-8,10-11,13-14H,9,12H2,1H3,(H,22,24)(H,23,25). The summed E-state index contributed by atoms with van der Waals surface area (Å²) in [6, 6.07) is 18.0. The van der Waals surface area contributed by atoms with Crippen molar-refractivity contribution in [1.82, 2.24) is 0 Å². The highest BCUT2D eigenvalue weighted by Gasteiger charge is 2.14. The van der Waals surface area contributed by atoms with E-state index in [2.05, 4.69) is 10.6 Å². The lowest BCUT2D eigenvalue weighted by molar-refractivity contribution is -0.116. The number of methoxy groups -OCH3 is 1. The number of carbonyl (C=O) groups is 2. The molecule has 3 aromatic rings. The molecule has 0 fully saturated rings. The number of amides is 2. The molecular formula is C21H20N2O4. The van der Waals surface area contributed by atoms with Gasteiger partial charge in [-0.1, -0.05) is 30.3 Å². The van der Waals surface area contributed by atoms with Gasteiger partial charge in [-0.15, -0.1) is 0 Å². The van der Waals surface area contributed by atoms with Crippen LogP contribution in [-0.4, -0.2) is 18.9 Å². The van der Waals surface area contributed by atoms with E-state index < -0.39 is 5.91 Å². The van der Waals surface area contributed by atoms with Gasteiger partial charge in [-0.2, -0.15) is 0 Å². The number of benzene rings is 2. The quantitative estimate of drug-likeness (QED) is 0.661. The highest BCUT2D eigenvalue weighted by atomic mass is 16.5. The number of carbonyl (C=O) groups excluding carboxylic acids is 2. The Kier molecular flexibility index (Phi) is 5.89. The number of rotatable bonds is 7. The highest BCUT2D eigenvalue weighted by molar-refractivity contribution is 6.05. The first-order valence-corrected chi connectivity index (χ1v) is 8.52. The van der Waals surface area contributed by atoms with Crippen LogP contribution < -0.4 is 15.4 Å². The number of ether oxygens (including phenoxy) is 1. The van der Waals surface area contributed by atoms with E-state index in [-0.39, 0.29) is 11.7 Å². The zero-order chi connectivity index (χ0) is 19.1. The average Bonchev–Trinajstić information content (AvgIpc) is 3.23. The zero-order valence-corrected chi connectivity index (χ0v) is 14.9. The fourth-order valence-corrected chi connectivity index (χ4v) is 2.57. The third-order valence-corrected chi connectivity index (χ3v) is 3.98. The Morgan fingerprint density at radius 2 is 1.78 bits per heavy atom. The molecule has 0 aliphatic heterocycles. The lowest BCUT2D eigenvalue weighted by Gasteiger charge is -2.13. The summed E-state index contributed by atoms with van der Waals surface area (Å²) in [5.41, 5.74) is 2.02. The van der Waals surface area contributed by atoms with Crippen LogP contribution >= 0.6 is 0 Å². The van der Waals surface area contributed by atoms with Gasteiger partial charge in [-0.3, -0.25) is 9.59 Å². The molecule has 2 amide bonds. The van der Waals surface area contributed by atoms with Gasteiger partial charge in [0, 0.05) is 12.5 Å². The van der Waals surface area contributed by atoms with E-state index in [0.717, 1.165) is 5.56 Å². The van der Waals surface area contributed by atoms with Crippen LogP contribution in [-0.2, 0) is 11.2 Å². The molecule has 0 unspecified atom stereocenters. The molecule has 3 rings (SSSR count). The average molecular weight is 364 g/mol. The Balaban J connectivity index is 1.70. The summed E-state index contributed by atoms with van der Waals surface area (Å²) in [6.07, 6.45) is 2.38. The van der Waals surface area contributed by atoms with E-state index in [9.17, 15) is 9.59 Å². The first kappa shape index (κ1) is 18.3. The maximum Gasteiger partial charge on any atom is 0.291 e. The summed E-state index contributed by atoms with van der Waals surface area (Å²) >= 11 is 0. The van der Waals surface area contributed by atoms with Gasteiger partial charge in [0.25, 0.3) is 5.91 Å². The Morgan fingerprint density at radius 3 is 2.48 bits per heavy atom. The second kappa shape index (κ2) is 8.71. The highest BCUT2D eigenvalue weighted by Crippen LogP contribution is 2.28. The first-order valence-electron chi connectivity index (χ1n) is 8.52. The molecule has 27 heavy (non-hydrogen) atoms. The minimum Gasteiger partial charge on any atom is -0.497 e. The Labute approximate surface area is 157 Å². The number of nitrogens with one attached hydrogen (secondary N) is 2. The molecule has 0 bridgehead atoms. The van der Waals surface area contributed by atoms with Gasteiger partial charge >= 0.3 is 0 Å². The molecule has 1 heterocycles. The fraction of sp³-hybridized carbons (Fsp3) is 0.143. The molecule has 138 valence electrons. The van der Waals surface area contributed by atoms with Crippen LogP contribution in [0.1, 0.15) is 22.5 Å². The van der Waals surface area contributed by atoms with Crippen molar-refractivity contribution in [3.8, 4) is 5.75 Å². The van der Waals surface area contributed by atoms with Crippen LogP contribution in [0.2, 0.25) is 0 Å². The molecule has 0 aliphatic rings. The van der Waals surface area contributed by atoms with Crippen molar-refractivity contribution in [1.29, 1.82) is 0 Å². The largest absolute Gasteiger partial charge is 0.497 e. The van der Waals surface area contributed by atoms with E-state index in [1.54, 1.807) is 30.3 Å². The minimum absolute atomic E-state index is 0.152. The van der Waals surface area contributed by atoms with E-state index in [1.807, 2.05) is 30.3 Å². The monoisotopic (exact) mass is 364 g/mol. The normalized spacial score (nSPS) is 10.3. The van der Waals surface area contributed by atoms with Crippen molar-refractivity contribution in [2.24, 2.45) is 0 Å². The summed E-state index contributed by atoms with van der Waals surface area (Å²) in [5, 5.41) is 5.58. The van der Waals surface area contributed by atoms with Gasteiger partial charge in [0.15, 0.2) is 5.76 Å². The van der Waals surface area contributed by atoms with Crippen molar-refractivity contribution < 1.29 is 18.7 Å². The number of furan rings is 1. The van der Waals surface area contributed by atoms with Crippen molar-refractivity contribution in [3.63, 3.8) is 0 Å². The van der Waals surface area contributed by atoms with E-state index >= 15 is 0 Å². The van der Waals surface area contributed by atoms with Crippen LogP contribution in [0.15, 0.2) is 71.3 Å². The molecule has 0 radical (unpaired) electrons. The molecule has 2 N–H and O–H groups in total. The fourth-order valence-electron chi connectivity index (χ4n) is 2.57. The van der Waals surface area contributed by atoms with Crippen LogP contribution in [0.4, 0.5) is 11.4 Å². The van der Waals surface area contributed by atoms with Gasteiger partial charge < -0.3 is 19.8 Å². The molecule has 6 heteroatoms. The predicted molar refractivity (Wildman–Crippen MR) is 103 cm³/mol. The minimum atomic E-state index is -0.398. The smallest absolute Gasteiger partial charge is 0.291 e. The molecule has 0 atom stereocenters. The van der Waals surface area contributed by atoms with Crippen LogP contribution in [0.5, 0.6) is 5.75 Å². The number of aryl methyl sites for hydroxylation is 1. The van der Waals surface area contributed by atoms with Crippen molar-refractivity contribution in [2.75, 3.05) is 17.7 Å². The molecular weight excluding hydrogens is 344 g/mol. The second-order valence-corrected chi connectivity index (χ2v) is 5.88. The van der Waals surface area contributed by atoms with Crippen LogP contribution in [0.25, 0.3) is 0 Å². The van der Waals surface area contributed by atoms with Crippen molar-refractivity contribution in [2.45, 2.75) is 12.8 Å². The van der Waals surface area contributed by atoms with Crippen LogP contribution in [0.3, 0.4) is 0 Å². The Morgan fingerprint density at radius 1 is 0.963 bits per heavy atom. The summed E-state index contributed by atoms with van der Waals surface area (Å²) in [6.45, 7) is 0. The predicted octanol–water partition coefficient (Wildman–Crippen LogP) is 4.11. The summed E-state index contributed by atoms with van der Waals surface area (Å²) in [5.74, 6) is 0.210. The third kappa shape index (κ3) is 4.98. The lowest BCUT2D eigenvalue weighted by Crippen LogP contribution is -2.16. The van der Waals surface area contributed by atoms with Gasteiger partial charge in [0.1, 0.15) is 5.75 Å². The molecule has 2 aromatic carbocycles. The summed E-state index contributed by atoms with van der Waals surface area (Å²) < 4.78 is 10.3. The molecule has 0 saturated carbocycles. The van der Waals surface area contributed by atoms with Gasteiger partial charge in [0.2, 0.25) is 5.91 Å². The van der Waals surface area contributed by atoms with E-state index in [0.29, 0.717) is 30.0 Å². The van der Waals surface area contributed by atoms with Gasteiger partial charge in [-0.25, -0.2) is 0 Å². The maximum atomic E-state index is 12.4. The second-order valence-electron chi connectivity index (χ2n) is 5.88. The number of hydrogen-bond acceptors (Lipinski definition) is 4.